The maximum atomic E-state index is 5.98. The summed E-state index contributed by atoms with van der Waals surface area (Å²) in [5, 5.41) is 0.392. The molecule has 25 heavy (non-hydrogen) atoms. The lowest BCUT2D eigenvalue weighted by atomic mass is 9.87. The highest BCUT2D eigenvalue weighted by atomic mass is 35.5. The van der Waals surface area contributed by atoms with Gasteiger partial charge in [0.25, 0.3) is 0 Å². The molecule has 1 aliphatic rings. The molecule has 1 saturated heterocycles. The highest BCUT2D eigenvalue weighted by molar-refractivity contribution is 6.29. The Bertz CT molecular complexity index is 695. The minimum atomic E-state index is 0.199. The van der Waals surface area contributed by atoms with Crippen molar-refractivity contribution in [3.63, 3.8) is 0 Å². The van der Waals surface area contributed by atoms with Crippen molar-refractivity contribution in [2.24, 2.45) is 0 Å². The van der Waals surface area contributed by atoms with Crippen molar-refractivity contribution < 1.29 is 0 Å². The maximum absolute atomic E-state index is 5.98. The number of hydrogen-bond donors (Lipinski definition) is 1. The van der Waals surface area contributed by atoms with E-state index >= 15 is 0 Å². The van der Waals surface area contributed by atoms with Crippen molar-refractivity contribution in [1.29, 1.82) is 0 Å². The van der Waals surface area contributed by atoms with Crippen molar-refractivity contribution in [2.45, 2.75) is 32.7 Å². The molecule has 0 amide bonds. The van der Waals surface area contributed by atoms with Gasteiger partial charge in [-0.05, 0) is 16.5 Å². The number of nitrogens with zero attached hydrogens (tertiary/aromatic N) is 4. The Labute approximate surface area is 154 Å². The van der Waals surface area contributed by atoms with Crippen LogP contribution in [0, 0.1) is 0 Å². The van der Waals surface area contributed by atoms with Crippen LogP contribution in [0.2, 0.25) is 5.15 Å². The van der Waals surface area contributed by atoms with Gasteiger partial charge in [0, 0.05) is 38.8 Å². The third-order valence-electron chi connectivity index (χ3n) is 4.62. The molecule has 3 rings (SSSR count). The summed E-state index contributed by atoms with van der Waals surface area (Å²) in [5.74, 6) is 1.04. The molecule has 1 aliphatic heterocycles. The van der Waals surface area contributed by atoms with E-state index in [0.29, 0.717) is 5.15 Å². The molecule has 0 radical (unpaired) electrons. The summed E-state index contributed by atoms with van der Waals surface area (Å²) in [6.45, 7) is 11.5. The first-order valence-electron chi connectivity index (χ1n) is 8.68. The smallest absolute Gasteiger partial charge is 0.223 e. The Balaban J connectivity index is 1.57. The van der Waals surface area contributed by atoms with Crippen molar-refractivity contribution in [2.75, 3.05) is 36.8 Å². The van der Waals surface area contributed by atoms with E-state index in [0.717, 1.165) is 38.5 Å². The second-order valence-electron chi connectivity index (χ2n) is 7.62. The van der Waals surface area contributed by atoms with Gasteiger partial charge in [-0.2, -0.15) is 4.98 Å². The third kappa shape index (κ3) is 4.61. The van der Waals surface area contributed by atoms with Crippen LogP contribution in [0.3, 0.4) is 0 Å². The van der Waals surface area contributed by atoms with Gasteiger partial charge in [0.15, 0.2) is 0 Å². The lowest BCUT2D eigenvalue weighted by Crippen LogP contribution is -2.46. The van der Waals surface area contributed by atoms with E-state index < -0.39 is 0 Å². The van der Waals surface area contributed by atoms with E-state index in [9.17, 15) is 0 Å². The number of nitrogen functional groups attached to an aromatic ring is 1. The number of anilines is 2. The molecular weight excluding hydrogens is 334 g/mol. The van der Waals surface area contributed by atoms with Crippen LogP contribution < -0.4 is 10.6 Å². The molecule has 134 valence electrons. The van der Waals surface area contributed by atoms with Crippen molar-refractivity contribution >= 4 is 23.4 Å². The van der Waals surface area contributed by atoms with Gasteiger partial charge in [-0.1, -0.05) is 56.6 Å². The SMILES string of the molecule is CC(C)(C)c1ccc(CN2CCN(c3cc(Cl)nc(N)n3)CC2)cc1. The second-order valence-corrected chi connectivity index (χ2v) is 8.00. The number of aromatic nitrogens is 2. The monoisotopic (exact) mass is 359 g/mol. The van der Waals surface area contributed by atoms with Crippen LogP contribution in [0.5, 0.6) is 0 Å². The number of benzene rings is 1. The van der Waals surface area contributed by atoms with E-state index in [1.165, 1.54) is 11.1 Å². The molecule has 0 atom stereocenters. The van der Waals surface area contributed by atoms with Gasteiger partial charge < -0.3 is 10.6 Å². The molecule has 1 aromatic heterocycles. The Morgan fingerprint density at radius 3 is 2.24 bits per heavy atom. The van der Waals surface area contributed by atoms with Gasteiger partial charge in [0.1, 0.15) is 11.0 Å². The summed E-state index contributed by atoms with van der Waals surface area (Å²) in [4.78, 5) is 12.9. The highest BCUT2D eigenvalue weighted by Gasteiger charge is 2.19. The summed E-state index contributed by atoms with van der Waals surface area (Å²) >= 11 is 5.98. The summed E-state index contributed by atoms with van der Waals surface area (Å²) in [6.07, 6.45) is 0. The van der Waals surface area contributed by atoms with Crippen molar-refractivity contribution in [3.05, 3.63) is 46.6 Å². The fourth-order valence-electron chi connectivity index (χ4n) is 3.09. The van der Waals surface area contributed by atoms with E-state index in [1.807, 2.05) is 0 Å². The molecule has 2 heterocycles. The van der Waals surface area contributed by atoms with E-state index in [4.69, 9.17) is 17.3 Å². The molecule has 0 saturated carbocycles. The fourth-order valence-corrected chi connectivity index (χ4v) is 3.27. The minimum Gasteiger partial charge on any atom is -0.368 e. The molecule has 0 bridgehead atoms. The second kappa shape index (κ2) is 7.18. The van der Waals surface area contributed by atoms with Gasteiger partial charge in [0.05, 0.1) is 0 Å². The van der Waals surface area contributed by atoms with Crippen molar-refractivity contribution in [1.82, 2.24) is 14.9 Å². The van der Waals surface area contributed by atoms with Crippen molar-refractivity contribution in [3.8, 4) is 0 Å². The number of piperazine rings is 1. The Kier molecular flexibility index (Phi) is 5.16. The minimum absolute atomic E-state index is 0.199. The molecule has 5 nitrogen and oxygen atoms in total. The van der Waals surface area contributed by atoms with Crippen LogP contribution in [0.25, 0.3) is 0 Å². The lowest BCUT2D eigenvalue weighted by molar-refractivity contribution is 0.249. The molecule has 0 unspecified atom stereocenters. The summed E-state index contributed by atoms with van der Waals surface area (Å²) in [6, 6.07) is 10.8. The van der Waals surface area contributed by atoms with Gasteiger partial charge in [-0.3, -0.25) is 4.90 Å². The van der Waals surface area contributed by atoms with Crippen LogP contribution in [0.1, 0.15) is 31.9 Å². The van der Waals surface area contributed by atoms with Gasteiger partial charge in [0.2, 0.25) is 5.95 Å². The Hall–Kier alpha value is -1.85. The zero-order valence-electron chi connectivity index (χ0n) is 15.2. The molecule has 2 aromatic rings. The zero-order chi connectivity index (χ0) is 18.0. The predicted molar refractivity (Wildman–Crippen MR) is 104 cm³/mol. The van der Waals surface area contributed by atoms with E-state index in [2.05, 4.69) is 64.8 Å². The van der Waals surface area contributed by atoms with Crippen LogP contribution in [0.15, 0.2) is 30.3 Å². The first-order valence-corrected chi connectivity index (χ1v) is 9.06. The largest absolute Gasteiger partial charge is 0.368 e. The molecule has 1 aromatic carbocycles. The van der Waals surface area contributed by atoms with E-state index in [1.54, 1.807) is 6.07 Å². The van der Waals surface area contributed by atoms with E-state index in [-0.39, 0.29) is 11.4 Å². The van der Waals surface area contributed by atoms with Gasteiger partial charge >= 0.3 is 0 Å². The lowest BCUT2D eigenvalue weighted by Gasteiger charge is -2.35. The first-order chi connectivity index (χ1) is 11.8. The summed E-state index contributed by atoms with van der Waals surface area (Å²) < 4.78 is 0. The number of nitrogens with two attached hydrogens (primary N) is 1. The number of rotatable bonds is 3. The standard InChI is InChI=1S/C19H26ClN5/c1-19(2,3)15-6-4-14(5-7-15)13-24-8-10-25(11-9-24)17-12-16(20)22-18(21)23-17/h4-7,12H,8-11,13H2,1-3H3,(H2,21,22,23). The fraction of sp³-hybridized carbons (Fsp3) is 0.474. The molecule has 6 heteroatoms. The predicted octanol–water partition coefficient (Wildman–Crippen LogP) is 3.33. The van der Waals surface area contributed by atoms with Gasteiger partial charge in [-0.15, -0.1) is 0 Å². The van der Waals surface area contributed by atoms with Crippen LogP contribution in [-0.4, -0.2) is 41.0 Å². The van der Waals surface area contributed by atoms with Gasteiger partial charge in [-0.25, -0.2) is 4.98 Å². The first kappa shape index (κ1) is 18.0. The summed E-state index contributed by atoms with van der Waals surface area (Å²) in [5.41, 5.74) is 8.63. The average Bonchev–Trinajstić information content (AvgIpc) is 2.54. The topological polar surface area (TPSA) is 58.3 Å². The molecule has 0 spiro atoms. The maximum Gasteiger partial charge on any atom is 0.223 e. The quantitative estimate of drug-likeness (QED) is 0.852. The third-order valence-corrected chi connectivity index (χ3v) is 4.81. The average molecular weight is 360 g/mol. The number of halogens is 1. The number of hydrogen-bond acceptors (Lipinski definition) is 5. The van der Waals surface area contributed by atoms with Crippen LogP contribution in [0.4, 0.5) is 11.8 Å². The normalized spacial score (nSPS) is 16.2. The molecule has 2 N–H and O–H groups in total. The van der Waals surface area contributed by atoms with Crippen LogP contribution >= 0.6 is 11.6 Å². The highest BCUT2D eigenvalue weighted by Crippen LogP contribution is 2.23. The Morgan fingerprint density at radius 2 is 1.68 bits per heavy atom. The summed E-state index contributed by atoms with van der Waals surface area (Å²) in [7, 11) is 0. The Morgan fingerprint density at radius 1 is 1.04 bits per heavy atom. The molecule has 0 aliphatic carbocycles. The molecular formula is C19H26ClN5. The van der Waals surface area contributed by atoms with Crippen LogP contribution in [-0.2, 0) is 12.0 Å². The molecule has 1 fully saturated rings. The zero-order valence-corrected chi connectivity index (χ0v) is 15.9.